The van der Waals surface area contributed by atoms with E-state index in [1.165, 1.54) is 7.05 Å². The van der Waals surface area contributed by atoms with Crippen molar-refractivity contribution in [2.45, 2.75) is 12.8 Å². The van der Waals surface area contributed by atoms with Crippen molar-refractivity contribution in [3.05, 3.63) is 48.0 Å². The minimum Gasteiger partial charge on any atom is -0.481 e. The van der Waals surface area contributed by atoms with Gasteiger partial charge in [-0.25, -0.2) is 0 Å². The highest BCUT2D eigenvalue weighted by molar-refractivity contribution is 5.88. The van der Waals surface area contributed by atoms with E-state index in [1.807, 2.05) is 42.5 Å². The molecule has 0 aliphatic rings. The number of hydrogen-bond donors (Lipinski definition) is 3. The van der Waals surface area contributed by atoms with Gasteiger partial charge in [0, 0.05) is 7.05 Å². The fraction of sp³-hybridized carbons (Fsp3) is 0.278. The van der Waals surface area contributed by atoms with Crippen LogP contribution in [-0.4, -0.2) is 36.5 Å². The van der Waals surface area contributed by atoms with Gasteiger partial charge in [0.25, 0.3) is 0 Å². The SMILES string of the molecule is CNC(=O)CNC(=O)C(CC(=O)O)Cc1ccc2ccccc2c1. The zero-order valence-corrected chi connectivity index (χ0v) is 13.4. The Morgan fingerprint density at radius 2 is 1.79 bits per heavy atom. The summed E-state index contributed by atoms with van der Waals surface area (Å²) < 4.78 is 0. The topological polar surface area (TPSA) is 95.5 Å². The van der Waals surface area contributed by atoms with E-state index in [1.54, 1.807) is 0 Å². The molecule has 2 rings (SSSR count). The van der Waals surface area contributed by atoms with Crippen molar-refractivity contribution >= 4 is 28.6 Å². The molecule has 24 heavy (non-hydrogen) atoms. The Kier molecular flexibility index (Phi) is 5.89. The molecule has 0 aliphatic carbocycles. The minimum absolute atomic E-state index is 0.164. The predicted molar refractivity (Wildman–Crippen MR) is 90.5 cm³/mol. The second-order valence-electron chi connectivity index (χ2n) is 5.57. The summed E-state index contributed by atoms with van der Waals surface area (Å²) in [6.45, 7) is -0.164. The Hall–Kier alpha value is -2.89. The smallest absolute Gasteiger partial charge is 0.304 e. The number of carboxylic acid groups (broad SMARTS) is 1. The predicted octanol–water partition coefficient (Wildman–Crippen LogP) is 1.34. The number of carbonyl (C=O) groups is 3. The van der Waals surface area contributed by atoms with Crippen LogP contribution in [0.25, 0.3) is 10.8 Å². The van der Waals surface area contributed by atoms with Gasteiger partial charge in [-0.2, -0.15) is 0 Å². The third kappa shape index (κ3) is 4.81. The summed E-state index contributed by atoms with van der Waals surface area (Å²) in [5, 5.41) is 16.0. The van der Waals surface area contributed by atoms with Gasteiger partial charge in [0.05, 0.1) is 18.9 Å². The molecule has 126 valence electrons. The van der Waals surface area contributed by atoms with Crippen molar-refractivity contribution in [3.8, 4) is 0 Å². The number of likely N-dealkylation sites (N-methyl/N-ethyl adjacent to an activating group) is 1. The molecular formula is C18H20N2O4. The molecule has 0 heterocycles. The monoisotopic (exact) mass is 328 g/mol. The summed E-state index contributed by atoms with van der Waals surface area (Å²) in [6, 6.07) is 13.6. The molecule has 0 saturated heterocycles. The van der Waals surface area contributed by atoms with E-state index in [2.05, 4.69) is 10.6 Å². The van der Waals surface area contributed by atoms with E-state index < -0.39 is 17.8 Å². The molecule has 0 fully saturated rings. The first-order valence-electron chi connectivity index (χ1n) is 7.67. The van der Waals surface area contributed by atoms with Crippen LogP contribution < -0.4 is 10.6 Å². The van der Waals surface area contributed by atoms with Crippen LogP contribution >= 0.6 is 0 Å². The molecule has 0 radical (unpaired) electrons. The Bertz CT molecular complexity index is 758. The molecule has 0 aliphatic heterocycles. The molecule has 2 amide bonds. The number of rotatable bonds is 7. The van der Waals surface area contributed by atoms with Crippen LogP contribution in [0.15, 0.2) is 42.5 Å². The number of nitrogens with one attached hydrogen (secondary N) is 2. The lowest BCUT2D eigenvalue weighted by atomic mass is 9.94. The fourth-order valence-electron chi connectivity index (χ4n) is 2.52. The van der Waals surface area contributed by atoms with E-state index in [4.69, 9.17) is 5.11 Å². The summed E-state index contributed by atoms with van der Waals surface area (Å²) in [6.07, 6.45) is 0.0170. The van der Waals surface area contributed by atoms with Crippen LogP contribution in [0, 0.1) is 5.92 Å². The number of aliphatic carboxylic acids is 1. The number of amides is 2. The van der Waals surface area contributed by atoms with Gasteiger partial charge in [-0.3, -0.25) is 14.4 Å². The second kappa shape index (κ2) is 8.10. The zero-order valence-electron chi connectivity index (χ0n) is 13.4. The van der Waals surface area contributed by atoms with Crippen molar-refractivity contribution in [3.63, 3.8) is 0 Å². The Morgan fingerprint density at radius 3 is 2.46 bits per heavy atom. The van der Waals surface area contributed by atoms with Crippen LogP contribution in [0.4, 0.5) is 0 Å². The summed E-state index contributed by atoms with van der Waals surface area (Å²) in [5.41, 5.74) is 0.884. The van der Waals surface area contributed by atoms with E-state index in [9.17, 15) is 14.4 Å². The van der Waals surface area contributed by atoms with Gasteiger partial charge in [-0.15, -0.1) is 0 Å². The zero-order chi connectivity index (χ0) is 17.5. The Balaban J connectivity index is 2.12. The highest BCUT2D eigenvalue weighted by Gasteiger charge is 2.22. The lowest BCUT2D eigenvalue weighted by Gasteiger charge is -2.15. The average molecular weight is 328 g/mol. The summed E-state index contributed by atoms with van der Waals surface area (Å²) >= 11 is 0. The number of benzene rings is 2. The molecule has 6 heteroatoms. The third-order valence-corrected chi connectivity index (χ3v) is 3.79. The van der Waals surface area contributed by atoms with Gasteiger partial charge in [0.15, 0.2) is 0 Å². The van der Waals surface area contributed by atoms with Gasteiger partial charge < -0.3 is 15.7 Å². The van der Waals surface area contributed by atoms with Gasteiger partial charge in [-0.05, 0) is 22.8 Å². The molecule has 3 N–H and O–H groups in total. The lowest BCUT2D eigenvalue weighted by molar-refractivity contribution is -0.141. The van der Waals surface area contributed by atoms with Crippen LogP contribution in [0.3, 0.4) is 0 Å². The van der Waals surface area contributed by atoms with Crippen molar-refractivity contribution in [1.29, 1.82) is 0 Å². The van der Waals surface area contributed by atoms with Crippen LogP contribution in [0.5, 0.6) is 0 Å². The van der Waals surface area contributed by atoms with Gasteiger partial charge in [0.1, 0.15) is 0 Å². The van der Waals surface area contributed by atoms with E-state index in [0.29, 0.717) is 6.42 Å². The maximum Gasteiger partial charge on any atom is 0.304 e. The fourth-order valence-corrected chi connectivity index (χ4v) is 2.52. The van der Waals surface area contributed by atoms with Crippen LogP contribution in [0.1, 0.15) is 12.0 Å². The molecule has 2 aromatic rings. The molecular weight excluding hydrogens is 308 g/mol. The average Bonchev–Trinajstić information content (AvgIpc) is 2.58. The van der Waals surface area contributed by atoms with Crippen molar-refractivity contribution < 1.29 is 19.5 Å². The van der Waals surface area contributed by atoms with Crippen molar-refractivity contribution in [2.24, 2.45) is 5.92 Å². The normalized spacial score (nSPS) is 11.7. The van der Waals surface area contributed by atoms with Crippen LogP contribution in [0.2, 0.25) is 0 Å². The van der Waals surface area contributed by atoms with E-state index in [0.717, 1.165) is 16.3 Å². The Labute approximate surface area is 139 Å². The van der Waals surface area contributed by atoms with Gasteiger partial charge >= 0.3 is 5.97 Å². The highest BCUT2D eigenvalue weighted by atomic mass is 16.4. The second-order valence-corrected chi connectivity index (χ2v) is 5.57. The molecule has 0 aromatic heterocycles. The first kappa shape index (κ1) is 17.5. The molecule has 6 nitrogen and oxygen atoms in total. The minimum atomic E-state index is -1.05. The number of hydrogen-bond acceptors (Lipinski definition) is 3. The summed E-state index contributed by atoms with van der Waals surface area (Å²) in [7, 11) is 1.47. The van der Waals surface area contributed by atoms with Gasteiger partial charge in [-0.1, -0.05) is 42.5 Å². The Morgan fingerprint density at radius 1 is 1.08 bits per heavy atom. The molecule has 0 spiro atoms. The summed E-state index contributed by atoms with van der Waals surface area (Å²) in [5.74, 6) is -2.54. The lowest BCUT2D eigenvalue weighted by Crippen LogP contribution is -2.39. The molecule has 0 saturated carbocycles. The highest BCUT2D eigenvalue weighted by Crippen LogP contribution is 2.19. The largest absolute Gasteiger partial charge is 0.481 e. The van der Waals surface area contributed by atoms with E-state index >= 15 is 0 Å². The molecule has 1 atom stereocenters. The summed E-state index contributed by atoms with van der Waals surface area (Å²) in [4.78, 5) is 34.5. The maximum atomic E-state index is 12.2. The van der Waals surface area contributed by atoms with Crippen molar-refractivity contribution in [1.82, 2.24) is 10.6 Å². The molecule has 1 unspecified atom stereocenters. The van der Waals surface area contributed by atoms with E-state index in [-0.39, 0.29) is 18.9 Å². The molecule has 2 aromatic carbocycles. The van der Waals surface area contributed by atoms with Crippen LogP contribution in [-0.2, 0) is 20.8 Å². The maximum absolute atomic E-state index is 12.2. The number of carboxylic acids is 1. The standard InChI is InChI=1S/C18H20N2O4/c1-19-16(21)11-20-18(24)15(10-17(22)23)9-12-6-7-13-4-2-3-5-14(13)8-12/h2-8,15H,9-11H2,1H3,(H,19,21)(H,20,24)(H,22,23). The number of carbonyl (C=O) groups excluding carboxylic acids is 2. The van der Waals surface area contributed by atoms with Crippen molar-refractivity contribution in [2.75, 3.05) is 13.6 Å². The quantitative estimate of drug-likeness (QED) is 0.714. The van der Waals surface area contributed by atoms with Gasteiger partial charge in [0.2, 0.25) is 11.8 Å². The first-order valence-corrected chi connectivity index (χ1v) is 7.67. The molecule has 0 bridgehead atoms. The third-order valence-electron chi connectivity index (χ3n) is 3.79. The first-order chi connectivity index (χ1) is 11.5. The number of fused-ring (bicyclic) bond motifs is 1.